The molecular weight excluding hydrogens is 198 g/mol. The van der Waals surface area contributed by atoms with Gasteiger partial charge in [0.15, 0.2) is 0 Å². The quantitative estimate of drug-likeness (QED) is 0.832. The molecule has 1 aromatic carbocycles. The highest BCUT2D eigenvalue weighted by Gasteiger charge is 2.03. The molecule has 1 N–H and O–H groups in total. The van der Waals surface area contributed by atoms with Crippen LogP contribution in [0.2, 0.25) is 0 Å². The van der Waals surface area contributed by atoms with E-state index >= 15 is 0 Å². The van der Waals surface area contributed by atoms with Crippen LogP contribution in [-0.4, -0.2) is 13.6 Å². The number of aryl methyl sites for hydroxylation is 1. The first-order valence-electron chi connectivity index (χ1n) is 5.99. The lowest BCUT2D eigenvalue weighted by molar-refractivity contribution is 0.541. The highest BCUT2D eigenvalue weighted by atomic mass is 16.3. The molecule has 0 atom stereocenters. The topological polar surface area (TPSA) is 25.2 Å². The number of rotatable bonds is 5. The SMILES string of the molecule is CCCc1ccc2cc(CCNC)oc2c1. The summed E-state index contributed by atoms with van der Waals surface area (Å²) in [6.45, 7) is 3.16. The van der Waals surface area contributed by atoms with Gasteiger partial charge >= 0.3 is 0 Å². The van der Waals surface area contributed by atoms with Gasteiger partial charge in [-0.3, -0.25) is 0 Å². The van der Waals surface area contributed by atoms with Crippen molar-refractivity contribution in [2.75, 3.05) is 13.6 Å². The van der Waals surface area contributed by atoms with E-state index in [4.69, 9.17) is 4.42 Å². The summed E-state index contributed by atoms with van der Waals surface area (Å²) >= 11 is 0. The lowest BCUT2D eigenvalue weighted by Crippen LogP contribution is -2.09. The third-order valence-electron chi connectivity index (χ3n) is 2.80. The van der Waals surface area contributed by atoms with Crippen molar-refractivity contribution in [2.45, 2.75) is 26.2 Å². The van der Waals surface area contributed by atoms with Gasteiger partial charge in [-0.1, -0.05) is 25.5 Å². The molecule has 0 bridgehead atoms. The lowest BCUT2D eigenvalue weighted by Gasteiger charge is -1.97. The molecule has 1 heterocycles. The van der Waals surface area contributed by atoms with Gasteiger partial charge in [0.25, 0.3) is 0 Å². The maximum Gasteiger partial charge on any atom is 0.134 e. The first-order chi connectivity index (χ1) is 7.83. The molecule has 2 heteroatoms. The van der Waals surface area contributed by atoms with Crippen LogP contribution in [-0.2, 0) is 12.8 Å². The van der Waals surface area contributed by atoms with Crippen LogP contribution >= 0.6 is 0 Å². The van der Waals surface area contributed by atoms with Gasteiger partial charge in [0.1, 0.15) is 11.3 Å². The van der Waals surface area contributed by atoms with E-state index in [1.807, 2.05) is 7.05 Å². The number of likely N-dealkylation sites (N-methyl/N-ethyl adjacent to an activating group) is 1. The molecule has 0 unspecified atom stereocenters. The van der Waals surface area contributed by atoms with Crippen LogP contribution < -0.4 is 5.32 Å². The second-order valence-corrected chi connectivity index (χ2v) is 4.19. The second kappa shape index (κ2) is 5.17. The number of benzene rings is 1. The number of furan rings is 1. The van der Waals surface area contributed by atoms with Gasteiger partial charge in [-0.25, -0.2) is 0 Å². The van der Waals surface area contributed by atoms with Crippen LogP contribution in [0.15, 0.2) is 28.7 Å². The van der Waals surface area contributed by atoms with Crippen molar-refractivity contribution < 1.29 is 4.42 Å². The summed E-state index contributed by atoms with van der Waals surface area (Å²) in [7, 11) is 1.96. The zero-order valence-electron chi connectivity index (χ0n) is 10.0. The maximum atomic E-state index is 5.82. The Morgan fingerprint density at radius 3 is 2.81 bits per heavy atom. The molecule has 2 nitrogen and oxygen atoms in total. The monoisotopic (exact) mass is 217 g/mol. The number of fused-ring (bicyclic) bond motifs is 1. The van der Waals surface area contributed by atoms with E-state index in [0.29, 0.717) is 0 Å². The average Bonchev–Trinajstić information content (AvgIpc) is 2.68. The molecule has 0 aliphatic rings. The zero-order chi connectivity index (χ0) is 11.4. The largest absolute Gasteiger partial charge is 0.461 e. The van der Waals surface area contributed by atoms with E-state index in [1.54, 1.807) is 0 Å². The second-order valence-electron chi connectivity index (χ2n) is 4.19. The first kappa shape index (κ1) is 11.2. The Balaban J connectivity index is 2.23. The first-order valence-corrected chi connectivity index (χ1v) is 5.99. The Kier molecular flexibility index (Phi) is 3.62. The third-order valence-corrected chi connectivity index (χ3v) is 2.80. The Hall–Kier alpha value is -1.28. The molecule has 0 amide bonds. The molecule has 0 radical (unpaired) electrons. The van der Waals surface area contributed by atoms with E-state index in [1.165, 1.54) is 17.4 Å². The number of hydrogen-bond acceptors (Lipinski definition) is 2. The van der Waals surface area contributed by atoms with Gasteiger partial charge in [-0.2, -0.15) is 0 Å². The van der Waals surface area contributed by atoms with Crippen molar-refractivity contribution in [3.8, 4) is 0 Å². The summed E-state index contributed by atoms with van der Waals surface area (Å²) in [4.78, 5) is 0. The smallest absolute Gasteiger partial charge is 0.134 e. The minimum absolute atomic E-state index is 0.953. The van der Waals surface area contributed by atoms with Crippen molar-refractivity contribution >= 4 is 11.0 Å². The van der Waals surface area contributed by atoms with Crippen LogP contribution in [0.1, 0.15) is 24.7 Å². The van der Waals surface area contributed by atoms with Crippen LogP contribution in [0.5, 0.6) is 0 Å². The fourth-order valence-corrected chi connectivity index (χ4v) is 1.95. The van der Waals surface area contributed by atoms with Crippen LogP contribution in [0.25, 0.3) is 11.0 Å². The van der Waals surface area contributed by atoms with Crippen molar-refractivity contribution in [1.82, 2.24) is 5.32 Å². The van der Waals surface area contributed by atoms with Crippen molar-refractivity contribution in [3.05, 3.63) is 35.6 Å². The summed E-state index contributed by atoms with van der Waals surface area (Å²) in [5, 5.41) is 4.35. The Morgan fingerprint density at radius 2 is 2.06 bits per heavy atom. The molecule has 1 aromatic heterocycles. The highest BCUT2D eigenvalue weighted by molar-refractivity contribution is 5.78. The molecule has 2 aromatic rings. The Labute approximate surface area is 96.6 Å². The van der Waals surface area contributed by atoms with E-state index in [-0.39, 0.29) is 0 Å². The van der Waals surface area contributed by atoms with Gasteiger partial charge in [-0.15, -0.1) is 0 Å². The number of hydrogen-bond donors (Lipinski definition) is 1. The van der Waals surface area contributed by atoms with Gasteiger partial charge in [0.05, 0.1) is 0 Å². The third kappa shape index (κ3) is 2.45. The molecule has 16 heavy (non-hydrogen) atoms. The van der Waals surface area contributed by atoms with E-state index in [2.05, 4.69) is 36.5 Å². The van der Waals surface area contributed by atoms with Gasteiger partial charge in [0, 0.05) is 18.4 Å². The van der Waals surface area contributed by atoms with E-state index < -0.39 is 0 Å². The Morgan fingerprint density at radius 1 is 1.19 bits per heavy atom. The van der Waals surface area contributed by atoms with Gasteiger partial charge < -0.3 is 9.73 Å². The number of nitrogens with one attached hydrogen (secondary N) is 1. The molecule has 0 spiro atoms. The van der Waals surface area contributed by atoms with Crippen LogP contribution in [0.4, 0.5) is 0 Å². The zero-order valence-corrected chi connectivity index (χ0v) is 10.0. The van der Waals surface area contributed by atoms with Crippen LogP contribution in [0, 0.1) is 0 Å². The highest BCUT2D eigenvalue weighted by Crippen LogP contribution is 2.21. The predicted molar refractivity (Wildman–Crippen MR) is 67.8 cm³/mol. The molecule has 0 saturated carbocycles. The summed E-state index contributed by atoms with van der Waals surface area (Å²) < 4.78 is 5.82. The molecule has 2 rings (SSSR count). The normalized spacial score (nSPS) is 11.1. The minimum atomic E-state index is 0.953. The van der Waals surface area contributed by atoms with Crippen molar-refractivity contribution in [3.63, 3.8) is 0 Å². The molecule has 0 fully saturated rings. The standard InChI is InChI=1S/C14H19NO/c1-3-4-11-5-6-12-10-13(7-8-15-2)16-14(12)9-11/h5-6,9-10,15H,3-4,7-8H2,1-2H3. The van der Waals surface area contributed by atoms with Gasteiger partial charge in [-0.05, 0) is 31.2 Å². The molecular formula is C14H19NO. The van der Waals surface area contributed by atoms with Gasteiger partial charge in [0.2, 0.25) is 0 Å². The minimum Gasteiger partial charge on any atom is -0.461 e. The Bertz CT molecular complexity index is 459. The summed E-state index contributed by atoms with van der Waals surface area (Å²) in [6.07, 6.45) is 3.26. The molecule has 0 saturated heterocycles. The van der Waals surface area contributed by atoms with Crippen LogP contribution in [0.3, 0.4) is 0 Å². The summed E-state index contributed by atoms with van der Waals surface area (Å²) in [5.41, 5.74) is 2.39. The average molecular weight is 217 g/mol. The van der Waals surface area contributed by atoms with E-state index in [0.717, 1.165) is 30.7 Å². The molecule has 0 aliphatic heterocycles. The van der Waals surface area contributed by atoms with Crippen molar-refractivity contribution in [2.24, 2.45) is 0 Å². The maximum absolute atomic E-state index is 5.82. The molecule has 0 aliphatic carbocycles. The predicted octanol–water partition coefficient (Wildman–Crippen LogP) is 3.15. The lowest BCUT2D eigenvalue weighted by atomic mass is 10.1. The van der Waals surface area contributed by atoms with Crippen molar-refractivity contribution in [1.29, 1.82) is 0 Å². The van der Waals surface area contributed by atoms with E-state index in [9.17, 15) is 0 Å². The fourth-order valence-electron chi connectivity index (χ4n) is 1.95. The molecule has 86 valence electrons. The summed E-state index contributed by atoms with van der Waals surface area (Å²) in [5.74, 6) is 1.07. The fraction of sp³-hybridized carbons (Fsp3) is 0.429. The summed E-state index contributed by atoms with van der Waals surface area (Å²) in [6, 6.07) is 8.67.